The minimum Gasteiger partial charge on any atom is -0.481 e. The summed E-state index contributed by atoms with van der Waals surface area (Å²) >= 11 is 0. The molecule has 1 aliphatic carbocycles. The van der Waals surface area contributed by atoms with Gasteiger partial charge in [-0.15, -0.1) is 5.10 Å². The van der Waals surface area contributed by atoms with E-state index in [2.05, 4.69) is 32.6 Å². The molecule has 10 nitrogen and oxygen atoms in total. The highest BCUT2D eigenvalue weighted by atomic mass is 16.5. The Morgan fingerprint density at radius 3 is 2.46 bits per heavy atom. The summed E-state index contributed by atoms with van der Waals surface area (Å²) in [6.45, 7) is 0.675. The lowest BCUT2D eigenvalue weighted by Crippen LogP contribution is -2.36. The van der Waals surface area contributed by atoms with Gasteiger partial charge in [0.15, 0.2) is 0 Å². The summed E-state index contributed by atoms with van der Waals surface area (Å²) in [6.07, 6.45) is 1.22. The number of hydrogen-bond donors (Lipinski definition) is 3. The smallest absolute Gasteiger partial charge is 0.414 e. The van der Waals surface area contributed by atoms with Crippen molar-refractivity contribution in [3.05, 3.63) is 65.5 Å². The highest BCUT2D eigenvalue weighted by Gasteiger charge is 2.32. The maximum atomic E-state index is 12.8. The monoisotopic (exact) mass is 475 g/mol. The minimum absolute atomic E-state index is 0.000554. The van der Waals surface area contributed by atoms with E-state index in [4.69, 9.17) is 9.84 Å². The number of amides is 2. The molecule has 2 aromatic carbocycles. The summed E-state index contributed by atoms with van der Waals surface area (Å²) in [7, 11) is 0. The van der Waals surface area contributed by atoms with Gasteiger partial charge in [-0.05, 0) is 41.5 Å². The number of nitrogens with one attached hydrogen (secondary N) is 2. The number of aliphatic carboxylic acids is 1. The van der Waals surface area contributed by atoms with E-state index >= 15 is 0 Å². The molecule has 1 atom stereocenters. The Hall–Kier alpha value is -4.21. The maximum absolute atomic E-state index is 12.8. The molecule has 5 rings (SSSR count). The third-order valence-corrected chi connectivity index (χ3v) is 6.57. The molecule has 0 radical (unpaired) electrons. The fourth-order valence-electron chi connectivity index (χ4n) is 4.97. The van der Waals surface area contributed by atoms with Crippen molar-refractivity contribution in [2.75, 3.05) is 18.5 Å². The molecule has 35 heavy (non-hydrogen) atoms. The number of hydrogen-bond acceptors (Lipinski definition) is 6. The molecule has 1 aromatic heterocycles. The Bertz CT molecular complexity index is 1230. The SMILES string of the molecule is O=C(O)CCC1CCCN1C(=O)c1nc(NC(=O)OCC2c3ccccc3-c3ccccc32)n[nH]1. The van der Waals surface area contributed by atoms with E-state index in [1.54, 1.807) is 4.90 Å². The number of carbonyl (C=O) groups excluding carboxylic acids is 2. The molecule has 3 aromatic rings. The lowest BCUT2D eigenvalue weighted by atomic mass is 9.98. The molecule has 1 aliphatic heterocycles. The van der Waals surface area contributed by atoms with Crippen LogP contribution in [0.1, 0.15) is 53.3 Å². The third-order valence-electron chi connectivity index (χ3n) is 6.57. The van der Waals surface area contributed by atoms with Crippen LogP contribution >= 0.6 is 0 Å². The van der Waals surface area contributed by atoms with Gasteiger partial charge < -0.3 is 14.7 Å². The predicted molar refractivity (Wildman–Crippen MR) is 126 cm³/mol. The average Bonchev–Trinajstić information content (AvgIpc) is 3.59. The van der Waals surface area contributed by atoms with Gasteiger partial charge in [0.2, 0.25) is 5.82 Å². The van der Waals surface area contributed by atoms with E-state index in [0.717, 1.165) is 35.1 Å². The molecule has 2 aliphatic rings. The van der Waals surface area contributed by atoms with Crippen LogP contribution in [0.25, 0.3) is 11.1 Å². The Labute approximate surface area is 201 Å². The first-order chi connectivity index (χ1) is 17.0. The number of carbonyl (C=O) groups is 3. The second kappa shape index (κ2) is 9.57. The van der Waals surface area contributed by atoms with Crippen LogP contribution in [0.3, 0.4) is 0 Å². The zero-order chi connectivity index (χ0) is 24.4. The van der Waals surface area contributed by atoms with Crippen LogP contribution in [-0.4, -0.2) is 62.4 Å². The topological polar surface area (TPSA) is 138 Å². The van der Waals surface area contributed by atoms with Crippen molar-refractivity contribution in [1.82, 2.24) is 20.1 Å². The van der Waals surface area contributed by atoms with Crippen LogP contribution in [0.4, 0.5) is 10.7 Å². The molecule has 180 valence electrons. The van der Waals surface area contributed by atoms with Crippen molar-refractivity contribution in [2.24, 2.45) is 0 Å². The predicted octanol–water partition coefficient (Wildman–Crippen LogP) is 3.64. The Balaban J connectivity index is 1.20. The summed E-state index contributed by atoms with van der Waals surface area (Å²) in [5, 5.41) is 17.9. The zero-order valence-electron chi connectivity index (χ0n) is 18.9. The number of fused-ring (bicyclic) bond motifs is 3. The van der Waals surface area contributed by atoms with Crippen molar-refractivity contribution in [3.63, 3.8) is 0 Å². The standard InChI is InChI=1S/C25H25N5O5/c31-21(32)12-11-15-6-5-13-30(15)23(33)22-26-24(29-28-22)27-25(34)35-14-20-18-9-3-1-7-16(18)17-8-2-4-10-19(17)20/h1-4,7-10,15,20H,5-6,11-14H2,(H,31,32)(H2,26,27,28,29,34). The number of carboxylic acids is 1. The minimum atomic E-state index is -0.890. The van der Waals surface area contributed by atoms with E-state index in [9.17, 15) is 14.4 Å². The summed E-state index contributed by atoms with van der Waals surface area (Å²) in [6, 6.07) is 16.0. The van der Waals surface area contributed by atoms with Gasteiger partial charge >= 0.3 is 12.1 Å². The van der Waals surface area contributed by atoms with E-state index in [1.807, 2.05) is 36.4 Å². The van der Waals surface area contributed by atoms with Crippen LogP contribution in [0.2, 0.25) is 0 Å². The van der Waals surface area contributed by atoms with E-state index in [-0.39, 0.29) is 42.7 Å². The first kappa shape index (κ1) is 22.6. The van der Waals surface area contributed by atoms with Gasteiger partial charge in [-0.2, -0.15) is 4.98 Å². The van der Waals surface area contributed by atoms with Gasteiger partial charge in [0.25, 0.3) is 11.9 Å². The summed E-state index contributed by atoms with van der Waals surface area (Å²) in [5.41, 5.74) is 4.49. The normalized spacial score (nSPS) is 16.6. The van der Waals surface area contributed by atoms with Crippen molar-refractivity contribution in [2.45, 2.75) is 37.6 Å². The highest BCUT2D eigenvalue weighted by molar-refractivity contribution is 5.92. The van der Waals surface area contributed by atoms with Crippen LogP contribution in [0.5, 0.6) is 0 Å². The molecule has 1 saturated heterocycles. The van der Waals surface area contributed by atoms with Gasteiger partial charge in [0.1, 0.15) is 6.61 Å². The maximum Gasteiger partial charge on any atom is 0.414 e. The van der Waals surface area contributed by atoms with Gasteiger partial charge in [0.05, 0.1) is 0 Å². The first-order valence-corrected chi connectivity index (χ1v) is 11.6. The third kappa shape index (κ3) is 4.59. The summed E-state index contributed by atoms with van der Waals surface area (Å²) in [5.74, 6) is -1.41. The molecule has 2 amide bonds. The first-order valence-electron chi connectivity index (χ1n) is 11.6. The number of carboxylic acid groups (broad SMARTS) is 1. The van der Waals surface area contributed by atoms with Gasteiger partial charge in [-0.3, -0.25) is 20.0 Å². The van der Waals surface area contributed by atoms with Gasteiger partial charge in [-0.1, -0.05) is 48.5 Å². The molecule has 10 heteroatoms. The molecular formula is C25H25N5O5. The zero-order valence-corrected chi connectivity index (χ0v) is 18.9. The molecule has 0 bridgehead atoms. The second-order valence-corrected chi connectivity index (χ2v) is 8.69. The molecule has 2 heterocycles. The van der Waals surface area contributed by atoms with Crippen molar-refractivity contribution < 1.29 is 24.2 Å². The second-order valence-electron chi connectivity index (χ2n) is 8.69. The lowest BCUT2D eigenvalue weighted by molar-refractivity contribution is -0.137. The number of anilines is 1. The van der Waals surface area contributed by atoms with Gasteiger partial charge in [-0.25, -0.2) is 4.79 Å². The number of aromatic amines is 1. The van der Waals surface area contributed by atoms with Crippen LogP contribution in [0, 0.1) is 0 Å². The molecular weight excluding hydrogens is 450 g/mol. The molecule has 0 saturated carbocycles. The highest BCUT2D eigenvalue weighted by Crippen LogP contribution is 2.44. The quantitative estimate of drug-likeness (QED) is 0.474. The Kier molecular flexibility index (Phi) is 6.17. The number of H-pyrrole nitrogens is 1. The number of nitrogens with zero attached hydrogens (tertiary/aromatic N) is 3. The fraction of sp³-hybridized carbons (Fsp3) is 0.320. The van der Waals surface area contributed by atoms with Gasteiger partial charge in [0, 0.05) is 24.9 Å². The average molecular weight is 476 g/mol. The Morgan fingerprint density at radius 1 is 1.09 bits per heavy atom. The van der Waals surface area contributed by atoms with Crippen molar-refractivity contribution in [3.8, 4) is 11.1 Å². The fourth-order valence-corrected chi connectivity index (χ4v) is 4.97. The molecule has 1 unspecified atom stereocenters. The van der Waals surface area contributed by atoms with Crippen LogP contribution < -0.4 is 5.32 Å². The van der Waals surface area contributed by atoms with Crippen LogP contribution in [-0.2, 0) is 9.53 Å². The number of aromatic nitrogens is 3. The van der Waals surface area contributed by atoms with E-state index < -0.39 is 12.1 Å². The van der Waals surface area contributed by atoms with Crippen molar-refractivity contribution >= 4 is 23.9 Å². The number of rotatable bonds is 7. The Morgan fingerprint density at radius 2 is 1.77 bits per heavy atom. The molecule has 1 fully saturated rings. The number of benzene rings is 2. The summed E-state index contributed by atoms with van der Waals surface area (Å²) in [4.78, 5) is 41.9. The number of ether oxygens (including phenoxy) is 1. The summed E-state index contributed by atoms with van der Waals surface area (Å²) < 4.78 is 5.49. The van der Waals surface area contributed by atoms with E-state index in [0.29, 0.717) is 13.0 Å². The molecule has 0 spiro atoms. The van der Waals surface area contributed by atoms with Crippen molar-refractivity contribution in [1.29, 1.82) is 0 Å². The number of likely N-dealkylation sites (tertiary alicyclic amines) is 1. The largest absolute Gasteiger partial charge is 0.481 e. The lowest BCUT2D eigenvalue weighted by Gasteiger charge is -2.22. The van der Waals surface area contributed by atoms with Crippen LogP contribution in [0.15, 0.2) is 48.5 Å². The molecule has 3 N–H and O–H groups in total. The van der Waals surface area contributed by atoms with E-state index in [1.165, 1.54) is 0 Å².